The number of rotatable bonds is 4. The summed E-state index contributed by atoms with van der Waals surface area (Å²) in [6.45, 7) is 3.19. The average molecular weight is 352 g/mol. The van der Waals surface area contributed by atoms with Crippen molar-refractivity contribution < 1.29 is 14.0 Å². The maximum absolute atomic E-state index is 5.86. The summed E-state index contributed by atoms with van der Waals surface area (Å²) in [5.41, 5.74) is 2.86. The van der Waals surface area contributed by atoms with Crippen molar-refractivity contribution in [2.75, 3.05) is 6.61 Å². The molecule has 4 nitrogen and oxygen atoms in total. The van der Waals surface area contributed by atoms with Gasteiger partial charge in [0, 0.05) is 22.2 Å². The first-order valence-electron chi connectivity index (χ1n) is 7.18. The number of nitrogens with zero attached hydrogens (tertiary/aromatic N) is 1. The van der Waals surface area contributed by atoms with Crippen LogP contribution in [0.25, 0.3) is 11.3 Å². The van der Waals surface area contributed by atoms with Crippen LogP contribution in [0.1, 0.15) is 30.5 Å². The Labute approximate surface area is 132 Å². The molecule has 1 aromatic heterocycles. The maximum Gasteiger partial charge on any atom is 0.172 e. The van der Waals surface area contributed by atoms with Crippen LogP contribution < -0.4 is 0 Å². The van der Waals surface area contributed by atoms with Crippen molar-refractivity contribution in [1.82, 2.24) is 5.16 Å². The van der Waals surface area contributed by atoms with E-state index in [2.05, 4.69) is 21.1 Å². The van der Waals surface area contributed by atoms with E-state index in [4.69, 9.17) is 14.0 Å². The normalized spacial score (nSPS) is 18.9. The van der Waals surface area contributed by atoms with Gasteiger partial charge in [-0.15, -0.1) is 0 Å². The van der Waals surface area contributed by atoms with Crippen molar-refractivity contribution in [2.45, 2.75) is 39.1 Å². The smallest absolute Gasteiger partial charge is 0.172 e. The quantitative estimate of drug-likeness (QED) is 0.815. The number of benzene rings is 1. The molecule has 1 unspecified atom stereocenters. The highest BCUT2D eigenvalue weighted by Crippen LogP contribution is 2.28. The predicted molar refractivity (Wildman–Crippen MR) is 82.8 cm³/mol. The molecule has 1 aliphatic rings. The van der Waals surface area contributed by atoms with E-state index in [1.54, 1.807) is 0 Å². The van der Waals surface area contributed by atoms with Crippen LogP contribution in [0.5, 0.6) is 0 Å². The van der Waals surface area contributed by atoms with Gasteiger partial charge in [0.2, 0.25) is 0 Å². The van der Waals surface area contributed by atoms with Gasteiger partial charge in [-0.05, 0) is 38.3 Å². The molecule has 3 rings (SSSR count). The molecule has 0 saturated carbocycles. The van der Waals surface area contributed by atoms with Gasteiger partial charge in [-0.2, -0.15) is 0 Å². The Morgan fingerprint density at radius 3 is 2.81 bits per heavy atom. The van der Waals surface area contributed by atoms with E-state index in [-0.39, 0.29) is 6.29 Å². The van der Waals surface area contributed by atoms with Crippen molar-refractivity contribution in [2.24, 2.45) is 0 Å². The Morgan fingerprint density at radius 2 is 2.10 bits per heavy atom. The molecule has 0 spiro atoms. The van der Waals surface area contributed by atoms with Crippen LogP contribution in [0, 0.1) is 6.92 Å². The molecular weight excluding hydrogens is 334 g/mol. The Bertz CT molecular complexity index is 588. The lowest BCUT2D eigenvalue weighted by Gasteiger charge is -2.22. The second kappa shape index (κ2) is 6.73. The molecule has 1 aliphatic heterocycles. The lowest BCUT2D eigenvalue weighted by Crippen LogP contribution is -2.22. The van der Waals surface area contributed by atoms with Crippen LogP contribution in [0.4, 0.5) is 0 Å². The summed E-state index contributed by atoms with van der Waals surface area (Å²) in [4.78, 5) is 0. The van der Waals surface area contributed by atoms with Gasteiger partial charge < -0.3 is 14.0 Å². The van der Waals surface area contributed by atoms with E-state index in [0.717, 1.165) is 52.9 Å². The van der Waals surface area contributed by atoms with Gasteiger partial charge in [0.25, 0.3) is 0 Å². The number of aromatic nitrogens is 1. The first-order valence-corrected chi connectivity index (χ1v) is 7.97. The van der Waals surface area contributed by atoms with E-state index in [9.17, 15) is 0 Å². The SMILES string of the molecule is Cc1noc(-c2ccc(Br)cc2)c1COC1CCCCO1. The summed E-state index contributed by atoms with van der Waals surface area (Å²) >= 11 is 3.44. The molecular formula is C16H18BrNO3. The number of halogens is 1. The molecule has 0 radical (unpaired) electrons. The average Bonchev–Trinajstić information content (AvgIpc) is 2.88. The minimum absolute atomic E-state index is 0.106. The largest absolute Gasteiger partial charge is 0.356 e. The number of ether oxygens (including phenoxy) is 2. The molecule has 2 aromatic rings. The third-order valence-corrected chi connectivity index (χ3v) is 4.17. The molecule has 1 aromatic carbocycles. The van der Waals surface area contributed by atoms with Crippen molar-refractivity contribution >= 4 is 15.9 Å². The van der Waals surface area contributed by atoms with Gasteiger partial charge >= 0.3 is 0 Å². The van der Waals surface area contributed by atoms with Crippen LogP contribution in [0.2, 0.25) is 0 Å². The number of hydrogen-bond donors (Lipinski definition) is 0. The fraction of sp³-hybridized carbons (Fsp3) is 0.438. The van der Waals surface area contributed by atoms with Crippen LogP contribution >= 0.6 is 15.9 Å². The van der Waals surface area contributed by atoms with E-state index in [1.807, 2.05) is 31.2 Å². The van der Waals surface area contributed by atoms with Crippen molar-refractivity contribution in [1.29, 1.82) is 0 Å². The minimum atomic E-state index is -0.106. The molecule has 1 saturated heterocycles. The third kappa shape index (κ3) is 3.54. The van der Waals surface area contributed by atoms with Gasteiger partial charge in [-0.3, -0.25) is 0 Å². The summed E-state index contributed by atoms with van der Waals surface area (Å²) in [6, 6.07) is 7.99. The van der Waals surface area contributed by atoms with E-state index in [1.165, 1.54) is 0 Å². The molecule has 2 heterocycles. The summed E-state index contributed by atoms with van der Waals surface area (Å²) in [6.07, 6.45) is 3.13. The predicted octanol–water partition coefficient (Wildman–Crippen LogP) is 4.46. The first kappa shape index (κ1) is 14.8. The van der Waals surface area contributed by atoms with Crippen molar-refractivity contribution in [3.63, 3.8) is 0 Å². The topological polar surface area (TPSA) is 44.5 Å². The lowest BCUT2D eigenvalue weighted by atomic mass is 10.1. The second-order valence-corrected chi connectivity index (χ2v) is 6.11. The van der Waals surface area contributed by atoms with E-state index >= 15 is 0 Å². The van der Waals surface area contributed by atoms with Crippen molar-refractivity contribution in [3.05, 3.63) is 40.0 Å². The van der Waals surface area contributed by atoms with Gasteiger partial charge in [0.05, 0.1) is 12.3 Å². The summed E-state index contributed by atoms with van der Waals surface area (Å²) in [5.74, 6) is 0.774. The zero-order valence-electron chi connectivity index (χ0n) is 12.0. The highest BCUT2D eigenvalue weighted by Gasteiger charge is 2.19. The molecule has 0 aliphatic carbocycles. The Balaban J connectivity index is 1.75. The molecule has 0 N–H and O–H groups in total. The second-order valence-electron chi connectivity index (χ2n) is 5.19. The van der Waals surface area contributed by atoms with Crippen molar-refractivity contribution in [3.8, 4) is 11.3 Å². The Morgan fingerprint density at radius 1 is 1.29 bits per heavy atom. The molecule has 0 amide bonds. The highest BCUT2D eigenvalue weighted by molar-refractivity contribution is 9.10. The van der Waals surface area contributed by atoms with Gasteiger partial charge in [0.15, 0.2) is 12.1 Å². The van der Waals surface area contributed by atoms with E-state index in [0.29, 0.717) is 6.61 Å². The minimum Gasteiger partial charge on any atom is -0.356 e. The monoisotopic (exact) mass is 351 g/mol. The molecule has 1 fully saturated rings. The Hall–Kier alpha value is -1.17. The van der Waals surface area contributed by atoms with E-state index < -0.39 is 0 Å². The maximum atomic E-state index is 5.86. The highest BCUT2D eigenvalue weighted by atomic mass is 79.9. The molecule has 1 atom stereocenters. The third-order valence-electron chi connectivity index (χ3n) is 3.64. The zero-order valence-corrected chi connectivity index (χ0v) is 13.6. The fourth-order valence-corrected chi connectivity index (χ4v) is 2.67. The summed E-state index contributed by atoms with van der Waals surface area (Å²) in [5, 5.41) is 4.07. The lowest BCUT2D eigenvalue weighted by molar-refractivity contribution is -0.168. The standard InChI is InChI=1S/C16H18BrNO3/c1-11-14(10-20-15-4-2-3-9-19-15)16(21-18-11)12-5-7-13(17)8-6-12/h5-8,15H,2-4,9-10H2,1H3. The summed E-state index contributed by atoms with van der Waals surface area (Å²) < 4.78 is 18.0. The van der Waals surface area contributed by atoms with Gasteiger partial charge in [-0.1, -0.05) is 33.2 Å². The molecule has 5 heteroatoms. The van der Waals surface area contributed by atoms with Gasteiger partial charge in [-0.25, -0.2) is 0 Å². The van der Waals surface area contributed by atoms with Crippen LogP contribution in [0.3, 0.4) is 0 Å². The number of aryl methyl sites for hydroxylation is 1. The van der Waals surface area contributed by atoms with Crippen LogP contribution in [-0.4, -0.2) is 18.1 Å². The molecule has 0 bridgehead atoms. The first-order chi connectivity index (χ1) is 10.2. The Kier molecular flexibility index (Phi) is 4.73. The fourth-order valence-electron chi connectivity index (χ4n) is 2.41. The molecule has 112 valence electrons. The molecule has 21 heavy (non-hydrogen) atoms. The van der Waals surface area contributed by atoms with Gasteiger partial charge in [0.1, 0.15) is 0 Å². The summed E-state index contributed by atoms with van der Waals surface area (Å²) in [7, 11) is 0. The zero-order chi connectivity index (χ0) is 14.7. The van der Waals surface area contributed by atoms with Crippen LogP contribution in [-0.2, 0) is 16.1 Å². The number of hydrogen-bond acceptors (Lipinski definition) is 4. The van der Waals surface area contributed by atoms with Crippen LogP contribution in [0.15, 0.2) is 33.3 Å².